The molecule has 1 aliphatic rings. The molecule has 4 rings (SSSR count). The molecule has 3 aromatic rings. The molecule has 2 aromatic heterocycles. The molecule has 0 saturated carbocycles. The van der Waals surface area contributed by atoms with E-state index in [1.165, 1.54) is 13.8 Å². The summed E-state index contributed by atoms with van der Waals surface area (Å²) < 4.78 is 66.8. The molecule has 0 fully saturated rings. The van der Waals surface area contributed by atoms with E-state index in [-0.39, 0.29) is 38.9 Å². The maximum atomic E-state index is 13.2. The van der Waals surface area contributed by atoms with Crippen molar-refractivity contribution < 1.29 is 31.2 Å². The van der Waals surface area contributed by atoms with Crippen LogP contribution in [0.15, 0.2) is 21.6 Å². The van der Waals surface area contributed by atoms with Gasteiger partial charge in [-0.05, 0) is 13.8 Å². The van der Waals surface area contributed by atoms with Gasteiger partial charge in [-0.2, -0.15) is 5.26 Å². The number of halogens is 2. The highest BCUT2D eigenvalue weighted by atomic mass is 32.2. The first kappa shape index (κ1) is 16.3. The van der Waals surface area contributed by atoms with Crippen LogP contribution in [0.4, 0.5) is 8.78 Å². The van der Waals surface area contributed by atoms with E-state index in [0.717, 1.165) is 12.1 Å². The number of rotatable bonds is 2. The molecular weight excluding hydrogens is 374 g/mol. The van der Waals surface area contributed by atoms with Crippen molar-refractivity contribution in [3.05, 3.63) is 29.4 Å². The van der Waals surface area contributed by atoms with Gasteiger partial charge in [-0.3, -0.25) is 0 Å². The third-order valence-corrected chi connectivity index (χ3v) is 5.65. The minimum absolute atomic E-state index is 0.0144. The third-order valence-electron chi connectivity index (χ3n) is 3.70. The maximum Gasteiger partial charge on any atom is 0.586 e. The standard InChI is InChI=1S/C14H8F2N4O5S/c1-6-13(7(2)25-19-6)26(21,22)20-9-4-11-10(23-14(15,16)24-11)3-8(9)18-12(20)5-17/h3-4H,1-2H3. The molecule has 0 N–H and O–H groups in total. The van der Waals surface area contributed by atoms with Crippen molar-refractivity contribution in [3.8, 4) is 17.6 Å². The van der Waals surface area contributed by atoms with Gasteiger partial charge in [0.15, 0.2) is 22.2 Å². The van der Waals surface area contributed by atoms with Crippen LogP contribution in [-0.4, -0.2) is 28.8 Å². The Morgan fingerprint density at radius 1 is 1.23 bits per heavy atom. The Hall–Kier alpha value is -3.20. The second kappa shape index (κ2) is 4.92. The molecule has 0 aliphatic carbocycles. The normalized spacial score (nSPS) is 15.3. The molecule has 1 aromatic carbocycles. The quantitative estimate of drug-likeness (QED) is 0.660. The van der Waals surface area contributed by atoms with E-state index in [1.54, 1.807) is 6.07 Å². The van der Waals surface area contributed by atoms with Crippen LogP contribution in [0.5, 0.6) is 11.5 Å². The molecule has 3 heterocycles. The van der Waals surface area contributed by atoms with E-state index >= 15 is 0 Å². The molecule has 9 nitrogen and oxygen atoms in total. The largest absolute Gasteiger partial charge is 0.586 e. The van der Waals surface area contributed by atoms with Crippen LogP contribution in [0.25, 0.3) is 11.0 Å². The van der Waals surface area contributed by atoms with Crippen molar-refractivity contribution in [1.29, 1.82) is 5.26 Å². The van der Waals surface area contributed by atoms with Gasteiger partial charge in [-0.25, -0.2) is 17.4 Å². The van der Waals surface area contributed by atoms with Crippen molar-refractivity contribution in [2.24, 2.45) is 0 Å². The molecule has 134 valence electrons. The average molecular weight is 382 g/mol. The topological polar surface area (TPSA) is 120 Å². The number of hydrogen-bond donors (Lipinski definition) is 0. The lowest BCUT2D eigenvalue weighted by molar-refractivity contribution is -0.286. The molecule has 1 aliphatic heterocycles. The first-order valence-corrected chi connectivity index (χ1v) is 8.49. The fraction of sp³-hybridized carbons (Fsp3) is 0.214. The molecule has 0 spiro atoms. The Kier molecular flexibility index (Phi) is 3.08. The van der Waals surface area contributed by atoms with Gasteiger partial charge in [-0.15, -0.1) is 8.78 Å². The molecule has 0 bridgehead atoms. The summed E-state index contributed by atoms with van der Waals surface area (Å²) in [4.78, 5) is 3.64. The van der Waals surface area contributed by atoms with E-state index in [4.69, 9.17) is 4.52 Å². The van der Waals surface area contributed by atoms with E-state index < -0.39 is 22.1 Å². The van der Waals surface area contributed by atoms with Gasteiger partial charge < -0.3 is 14.0 Å². The highest BCUT2D eigenvalue weighted by molar-refractivity contribution is 7.90. The second-order valence-electron chi connectivity index (χ2n) is 5.43. The predicted octanol–water partition coefficient (Wildman–Crippen LogP) is 2.07. The Morgan fingerprint density at radius 3 is 2.46 bits per heavy atom. The van der Waals surface area contributed by atoms with Crippen molar-refractivity contribution in [1.82, 2.24) is 14.1 Å². The average Bonchev–Trinajstić information content (AvgIpc) is 3.15. The maximum absolute atomic E-state index is 13.2. The van der Waals surface area contributed by atoms with Gasteiger partial charge in [0.05, 0.1) is 11.0 Å². The third kappa shape index (κ3) is 2.14. The van der Waals surface area contributed by atoms with E-state index in [2.05, 4.69) is 19.6 Å². The van der Waals surface area contributed by atoms with Crippen molar-refractivity contribution in [2.45, 2.75) is 25.0 Å². The van der Waals surface area contributed by atoms with Crippen LogP contribution in [0.3, 0.4) is 0 Å². The number of alkyl halides is 2. The lowest BCUT2D eigenvalue weighted by Crippen LogP contribution is -2.25. The van der Waals surface area contributed by atoms with Gasteiger partial charge >= 0.3 is 6.29 Å². The minimum Gasteiger partial charge on any atom is -0.395 e. The number of aromatic nitrogens is 3. The molecular formula is C14H8F2N4O5S. The first-order chi connectivity index (χ1) is 12.1. The second-order valence-corrected chi connectivity index (χ2v) is 7.15. The van der Waals surface area contributed by atoms with Crippen LogP contribution in [-0.2, 0) is 10.0 Å². The fourth-order valence-corrected chi connectivity index (χ4v) is 4.46. The monoisotopic (exact) mass is 382 g/mol. The van der Waals surface area contributed by atoms with E-state index in [9.17, 15) is 22.5 Å². The van der Waals surface area contributed by atoms with E-state index in [1.807, 2.05) is 0 Å². The zero-order valence-electron chi connectivity index (χ0n) is 13.1. The van der Waals surface area contributed by atoms with Crippen molar-refractivity contribution in [3.63, 3.8) is 0 Å². The SMILES string of the molecule is Cc1noc(C)c1S(=O)(=O)n1c(C#N)nc2cc3c(cc21)OC(F)(F)O3. The van der Waals surface area contributed by atoms with Crippen LogP contribution in [0.2, 0.25) is 0 Å². The van der Waals surface area contributed by atoms with Crippen LogP contribution < -0.4 is 9.47 Å². The molecule has 12 heteroatoms. The summed E-state index contributed by atoms with van der Waals surface area (Å²) in [7, 11) is -4.34. The van der Waals surface area contributed by atoms with Crippen molar-refractivity contribution in [2.75, 3.05) is 0 Å². The Bertz CT molecular complexity index is 1200. The summed E-state index contributed by atoms with van der Waals surface area (Å²) in [6.45, 7) is 2.82. The number of ether oxygens (including phenoxy) is 2. The highest BCUT2D eigenvalue weighted by Crippen LogP contribution is 2.43. The number of imidazole rings is 1. The van der Waals surface area contributed by atoms with Crippen LogP contribution in [0, 0.1) is 25.2 Å². The predicted molar refractivity (Wildman–Crippen MR) is 79.2 cm³/mol. The Morgan fingerprint density at radius 2 is 1.88 bits per heavy atom. The lowest BCUT2D eigenvalue weighted by Gasteiger charge is -2.07. The van der Waals surface area contributed by atoms with Crippen LogP contribution >= 0.6 is 0 Å². The molecule has 26 heavy (non-hydrogen) atoms. The lowest BCUT2D eigenvalue weighted by atomic mass is 10.3. The molecule has 0 unspecified atom stereocenters. The first-order valence-electron chi connectivity index (χ1n) is 7.05. The summed E-state index contributed by atoms with van der Waals surface area (Å²) >= 11 is 0. The number of hydrogen-bond acceptors (Lipinski definition) is 8. The summed E-state index contributed by atoms with van der Waals surface area (Å²) in [6, 6.07) is 3.77. The number of nitrogens with zero attached hydrogens (tertiary/aromatic N) is 4. The Labute approximate surface area is 144 Å². The summed E-state index contributed by atoms with van der Waals surface area (Å²) in [5.41, 5.74) is -0.0703. The zero-order valence-corrected chi connectivity index (χ0v) is 14.0. The summed E-state index contributed by atoms with van der Waals surface area (Å²) in [5.74, 6) is -1.13. The number of aryl methyl sites for hydroxylation is 2. The molecule has 0 radical (unpaired) electrons. The van der Waals surface area contributed by atoms with Crippen LogP contribution in [0.1, 0.15) is 17.3 Å². The molecule has 0 saturated heterocycles. The smallest absolute Gasteiger partial charge is 0.395 e. The summed E-state index contributed by atoms with van der Waals surface area (Å²) in [5, 5.41) is 12.9. The van der Waals surface area contributed by atoms with Crippen molar-refractivity contribution >= 4 is 21.1 Å². The van der Waals surface area contributed by atoms with E-state index in [0.29, 0.717) is 3.97 Å². The minimum atomic E-state index is -4.34. The van der Waals surface area contributed by atoms with Gasteiger partial charge in [0, 0.05) is 12.1 Å². The number of fused-ring (bicyclic) bond motifs is 2. The van der Waals surface area contributed by atoms with Gasteiger partial charge in [0.2, 0.25) is 5.82 Å². The van der Waals surface area contributed by atoms with Gasteiger partial charge in [-0.1, -0.05) is 5.16 Å². The fourth-order valence-electron chi connectivity index (χ4n) is 2.75. The van der Waals surface area contributed by atoms with Gasteiger partial charge in [0.1, 0.15) is 11.8 Å². The summed E-state index contributed by atoms with van der Waals surface area (Å²) in [6.07, 6.45) is -3.87. The molecule has 0 amide bonds. The number of nitriles is 1. The zero-order chi connectivity index (χ0) is 18.9. The Balaban J connectivity index is 2.03. The van der Waals surface area contributed by atoms with Gasteiger partial charge in [0.25, 0.3) is 10.0 Å². The number of benzene rings is 1. The molecule has 0 atom stereocenters. The highest BCUT2D eigenvalue weighted by Gasteiger charge is 2.44.